The van der Waals surface area contributed by atoms with E-state index >= 15 is 0 Å². The summed E-state index contributed by atoms with van der Waals surface area (Å²) >= 11 is 1.55. The summed E-state index contributed by atoms with van der Waals surface area (Å²) < 4.78 is 18.8. The molecule has 0 saturated heterocycles. The minimum absolute atomic E-state index is 0.0150. The second-order valence-electron chi connectivity index (χ2n) is 4.94. The molecular weight excluding hydrogens is 349 g/mol. The molecule has 0 aliphatic heterocycles. The van der Waals surface area contributed by atoms with Crippen LogP contribution in [0.3, 0.4) is 0 Å². The van der Waals surface area contributed by atoms with Crippen LogP contribution in [0.15, 0.2) is 22.7 Å². The number of nitrogens with zero attached hydrogens (tertiary/aromatic N) is 2. The Balaban J connectivity index is 1.92. The monoisotopic (exact) mass is 367 g/mol. The van der Waals surface area contributed by atoms with Gasteiger partial charge in [0.05, 0.1) is 18.0 Å². The van der Waals surface area contributed by atoms with Crippen LogP contribution >= 0.6 is 11.8 Å². The van der Waals surface area contributed by atoms with Crippen LogP contribution in [0.1, 0.15) is 25.1 Å². The van der Waals surface area contributed by atoms with Crippen LogP contribution in [0.2, 0.25) is 0 Å². The summed E-state index contributed by atoms with van der Waals surface area (Å²) in [4.78, 5) is 27.4. The number of rotatable bonds is 7. The van der Waals surface area contributed by atoms with Gasteiger partial charge in [0.15, 0.2) is 5.82 Å². The van der Waals surface area contributed by atoms with Crippen molar-refractivity contribution in [2.75, 3.05) is 16.9 Å². The van der Waals surface area contributed by atoms with E-state index in [0.29, 0.717) is 23.7 Å². The predicted molar refractivity (Wildman–Crippen MR) is 92.7 cm³/mol. The minimum Gasteiger partial charge on any atom is -0.337 e. The molecule has 1 aromatic carbocycles. The molecule has 0 unspecified atom stereocenters. The molecule has 0 saturated carbocycles. The normalized spacial score (nSPS) is 10.4. The molecule has 3 amide bonds. The number of hydrogen-bond donors (Lipinski definition) is 3. The molecule has 8 nitrogen and oxygen atoms in total. The summed E-state index contributed by atoms with van der Waals surface area (Å²) in [5.74, 6) is 0.569. The van der Waals surface area contributed by atoms with Crippen molar-refractivity contribution in [3.8, 4) is 0 Å². The second-order valence-corrected chi connectivity index (χ2v) is 5.81. The third-order valence-electron chi connectivity index (χ3n) is 3.00. The van der Waals surface area contributed by atoms with Crippen LogP contribution < -0.4 is 16.0 Å². The lowest BCUT2D eigenvalue weighted by atomic mass is 10.2. The molecule has 25 heavy (non-hydrogen) atoms. The van der Waals surface area contributed by atoms with Gasteiger partial charge < -0.3 is 20.5 Å². The van der Waals surface area contributed by atoms with Gasteiger partial charge in [0, 0.05) is 12.1 Å². The highest BCUT2D eigenvalue weighted by molar-refractivity contribution is 7.97. The molecule has 0 bridgehead atoms. The van der Waals surface area contributed by atoms with E-state index in [2.05, 4.69) is 26.1 Å². The Morgan fingerprint density at radius 1 is 1.32 bits per heavy atom. The van der Waals surface area contributed by atoms with E-state index in [1.54, 1.807) is 18.7 Å². The van der Waals surface area contributed by atoms with E-state index in [1.807, 2.05) is 6.26 Å². The Morgan fingerprint density at radius 2 is 2.12 bits per heavy atom. The van der Waals surface area contributed by atoms with Gasteiger partial charge in [0.1, 0.15) is 5.82 Å². The van der Waals surface area contributed by atoms with Crippen molar-refractivity contribution >= 4 is 35.1 Å². The Hall–Kier alpha value is -2.62. The number of anilines is 2. The van der Waals surface area contributed by atoms with Crippen LogP contribution in [0.25, 0.3) is 0 Å². The quantitative estimate of drug-likeness (QED) is 0.694. The first kappa shape index (κ1) is 18.7. The van der Waals surface area contributed by atoms with Crippen LogP contribution in [-0.2, 0) is 17.1 Å². The van der Waals surface area contributed by atoms with Crippen molar-refractivity contribution < 1.29 is 18.5 Å². The van der Waals surface area contributed by atoms with Crippen LogP contribution in [0.5, 0.6) is 0 Å². The number of thioether (sulfide) groups is 1. The first-order valence-electron chi connectivity index (χ1n) is 7.46. The molecule has 0 fully saturated rings. The van der Waals surface area contributed by atoms with E-state index in [0.717, 1.165) is 6.07 Å². The Morgan fingerprint density at radius 3 is 2.84 bits per heavy atom. The summed E-state index contributed by atoms with van der Waals surface area (Å²) in [5.41, 5.74) is 0.335. The predicted octanol–water partition coefficient (Wildman–Crippen LogP) is 2.74. The van der Waals surface area contributed by atoms with Gasteiger partial charge in [-0.15, -0.1) is 0 Å². The highest BCUT2D eigenvalue weighted by Crippen LogP contribution is 2.19. The van der Waals surface area contributed by atoms with E-state index < -0.39 is 11.8 Å². The fourth-order valence-electron chi connectivity index (χ4n) is 1.82. The van der Waals surface area contributed by atoms with E-state index in [-0.39, 0.29) is 24.0 Å². The molecule has 10 heteroatoms. The summed E-state index contributed by atoms with van der Waals surface area (Å²) in [6.07, 6.45) is 2.21. The third kappa shape index (κ3) is 5.75. The average Bonchev–Trinajstić information content (AvgIpc) is 3.04. The SMILES string of the molecule is CCC(=O)Nc1ccc(F)c(NC(=O)NCc2nc(CSC)no2)c1. The number of benzene rings is 1. The number of carbonyl (C=O) groups excluding carboxylic acids is 2. The fraction of sp³-hybridized carbons (Fsp3) is 0.333. The van der Waals surface area contributed by atoms with Gasteiger partial charge in [0.2, 0.25) is 11.8 Å². The Labute approximate surface area is 147 Å². The molecule has 0 aliphatic rings. The molecule has 0 atom stereocenters. The van der Waals surface area contributed by atoms with Crippen molar-refractivity contribution in [2.24, 2.45) is 0 Å². The summed E-state index contributed by atoms with van der Waals surface area (Å²) in [7, 11) is 0. The molecule has 1 aromatic heterocycles. The molecule has 1 heterocycles. The molecule has 3 N–H and O–H groups in total. The fourth-order valence-corrected chi connectivity index (χ4v) is 2.20. The largest absolute Gasteiger partial charge is 0.337 e. The molecule has 134 valence electrons. The van der Waals surface area contributed by atoms with Gasteiger partial charge in [-0.25, -0.2) is 9.18 Å². The van der Waals surface area contributed by atoms with Crippen molar-refractivity contribution in [3.05, 3.63) is 35.7 Å². The number of halogens is 1. The lowest BCUT2D eigenvalue weighted by Crippen LogP contribution is -2.28. The van der Waals surface area contributed by atoms with Crippen LogP contribution in [0, 0.1) is 5.82 Å². The highest BCUT2D eigenvalue weighted by atomic mass is 32.2. The molecular formula is C15H18FN5O3S. The van der Waals surface area contributed by atoms with Gasteiger partial charge >= 0.3 is 6.03 Å². The summed E-state index contributed by atoms with van der Waals surface area (Å²) in [6.45, 7) is 1.72. The molecule has 2 aromatic rings. The zero-order chi connectivity index (χ0) is 18.2. The van der Waals surface area contributed by atoms with Gasteiger partial charge in [-0.05, 0) is 24.5 Å². The zero-order valence-corrected chi connectivity index (χ0v) is 14.6. The third-order valence-corrected chi connectivity index (χ3v) is 3.55. The van der Waals surface area contributed by atoms with Crippen LogP contribution in [0.4, 0.5) is 20.6 Å². The van der Waals surface area contributed by atoms with Gasteiger partial charge in [-0.3, -0.25) is 4.79 Å². The van der Waals surface area contributed by atoms with Crippen molar-refractivity contribution in [1.82, 2.24) is 15.5 Å². The molecule has 0 radical (unpaired) electrons. The van der Waals surface area contributed by atoms with E-state index in [4.69, 9.17) is 4.52 Å². The molecule has 2 rings (SSSR count). The summed E-state index contributed by atoms with van der Waals surface area (Å²) in [5, 5.41) is 11.2. The number of urea groups is 1. The Kier molecular flexibility index (Phi) is 6.75. The zero-order valence-electron chi connectivity index (χ0n) is 13.8. The second kappa shape index (κ2) is 9.02. The minimum atomic E-state index is -0.637. The number of amides is 3. The topological polar surface area (TPSA) is 109 Å². The summed E-state index contributed by atoms with van der Waals surface area (Å²) in [6, 6.07) is 3.28. The van der Waals surface area contributed by atoms with Gasteiger partial charge in [-0.2, -0.15) is 16.7 Å². The maximum absolute atomic E-state index is 13.8. The lowest BCUT2D eigenvalue weighted by molar-refractivity contribution is -0.115. The first-order chi connectivity index (χ1) is 12.0. The van der Waals surface area contributed by atoms with E-state index in [9.17, 15) is 14.0 Å². The lowest BCUT2D eigenvalue weighted by Gasteiger charge is -2.10. The standard InChI is InChI=1S/C15H18FN5O3S/c1-3-13(22)18-9-4-5-10(16)11(6-9)19-15(23)17-7-14-20-12(8-25-2)21-24-14/h4-6H,3,7-8H2,1-2H3,(H,18,22)(H2,17,19,23). The number of aromatic nitrogens is 2. The Bertz CT molecular complexity index is 753. The number of hydrogen-bond acceptors (Lipinski definition) is 6. The van der Waals surface area contributed by atoms with Gasteiger partial charge in [0.25, 0.3) is 0 Å². The van der Waals surface area contributed by atoms with Crippen LogP contribution in [-0.4, -0.2) is 28.3 Å². The average molecular weight is 367 g/mol. The molecule has 0 spiro atoms. The maximum Gasteiger partial charge on any atom is 0.319 e. The smallest absolute Gasteiger partial charge is 0.319 e. The van der Waals surface area contributed by atoms with E-state index in [1.165, 1.54) is 12.1 Å². The maximum atomic E-state index is 13.8. The first-order valence-corrected chi connectivity index (χ1v) is 8.85. The number of carbonyl (C=O) groups is 2. The highest BCUT2D eigenvalue weighted by Gasteiger charge is 2.11. The number of nitrogens with one attached hydrogen (secondary N) is 3. The van der Waals surface area contributed by atoms with Crippen molar-refractivity contribution in [2.45, 2.75) is 25.6 Å². The van der Waals surface area contributed by atoms with Crippen molar-refractivity contribution in [3.63, 3.8) is 0 Å². The van der Waals surface area contributed by atoms with Crippen molar-refractivity contribution in [1.29, 1.82) is 0 Å². The molecule has 0 aliphatic carbocycles. The van der Waals surface area contributed by atoms with Gasteiger partial charge in [-0.1, -0.05) is 12.1 Å².